The van der Waals surface area contributed by atoms with Crippen LogP contribution in [0, 0.1) is 0 Å². The van der Waals surface area contributed by atoms with E-state index >= 15 is 0 Å². The molecule has 3 nitrogen and oxygen atoms in total. The fourth-order valence-electron chi connectivity index (χ4n) is 3.91. The van der Waals surface area contributed by atoms with Gasteiger partial charge in [-0.1, -0.05) is 91.3 Å². The minimum atomic E-state index is -0.0684. The van der Waals surface area contributed by atoms with Crippen molar-refractivity contribution in [2.24, 2.45) is 0 Å². The van der Waals surface area contributed by atoms with Gasteiger partial charge in [0, 0.05) is 22.0 Å². The van der Waals surface area contributed by atoms with Crippen molar-refractivity contribution in [2.45, 2.75) is 39.0 Å². The summed E-state index contributed by atoms with van der Waals surface area (Å²) in [5, 5.41) is 3.95. The fourth-order valence-corrected chi connectivity index (χ4v) is 4.27. The lowest BCUT2D eigenvalue weighted by Gasteiger charge is -2.19. The highest BCUT2D eigenvalue weighted by atomic mass is 79.9. The first-order chi connectivity index (χ1) is 15.8. The molecule has 1 N–H and O–H groups in total. The molecule has 0 atom stereocenters. The first kappa shape index (κ1) is 23.2. The van der Waals surface area contributed by atoms with Crippen molar-refractivity contribution in [1.29, 1.82) is 0 Å². The number of hydrogen-bond acceptors (Lipinski definition) is 2. The molecular weight excluding hydrogens is 472 g/mol. The van der Waals surface area contributed by atoms with E-state index in [1.807, 2.05) is 42.5 Å². The number of rotatable bonds is 6. The summed E-state index contributed by atoms with van der Waals surface area (Å²) in [5.74, 6) is -0.0684. The van der Waals surface area contributed by atoms with E-state index in [0.29, 0.717) is 12.1 Å². The van der Waals surface area contributed by atoms with Crippen LogP contribution in [0.15, 0.2) is 83.3 Å². The van der Waals surface area contributed by atoms with E-state index in [4.69, 9.17) is 4.98 Å². The zero-order valence-electron chi connectivity index (χ0n) is 19.4. The van der Waals surface area contributed by atoms with E-state index < -0.39 is 0 Å². The molecule has 0 saturated carbocycles. The highest BCUT2D eigenvalue weighted by Crippen LogP contribution is 2.29. The summed E-state index contributed by atoms with van der Waals surface area (Å²) in [6, 6.07) is 26.6. The summed E-state index contributed by atoms with van der Waals surface area (Å²) in [4.78, 5) is 18.1. The van der Waals surface area contributed by atoms with Crippen molar-refractivity contribution in [1.82, 2.24) is 10.3 Å². The Morgan fingerprint density at radius 1 is 0.939 bits per heavy atom. The van der Waals surface area contributed by atoms with Crippen LogP contribution >= 0.6 is 15.9 Å². The second-order valence-electron chi connectivity index (χ2n) is 9.39. The van der Waals surface area contributed by atoms with Crippen LogP contribution in [0.3, 0.4) is 0 Å². The molecule has 0 spiro atoms. The van der Waals surface area contributed by atoms with E-state index in [2.05, 4.69) is 78.4 Å². The third kappa shape index (κ3) is 5.69. The third-order valence-electron chi connectivity index (χ3n) is 5.83. The van der Waals surface area contributed by atoms with Crippen LogP contribution in [0.25, 0.3) is 22.2 Å². The number of pyridine rings is 1. The van der Waals surface area contributed by atoms with Crippen molar-refractivity contribution in [2.75, 3.05) is 6.54 Å². The van der Waals surface area contributed by atoms with Gasteiger partial charge in [0.05, 0.1) is 16.8 Å². The maximum atomic E-state index is 13.2. The predicted octanol–water partition coefficient (Wildman–Crippen LogP) is 7.32. The maximum absolute atomic E-state index is 13.2. The van der Waals surface area contributed by atoms with Gasteiger partial charge in [-0.3, -0.25) is 4.79 Å². The van der Waals surface area contributed by atoms with Gasteiger partial charge in [0.15, 0.2) is 0 Å². The van der Waals surface area contributed by atoms with Gasteiger partial charge >= 0.3 is 0 Å². The normalized spacial score (nSPS) is 11.5. The quantitative estimate of drug-likeness (QED) is 0.281. The molecule has 0 aliphatic carbocycles. The minimum Gasteiger partial charge on any atom is -0.352 e. The number of carbonyl (C=O) groups is 1. The lowest BCUT2D eigenvalue weighted by Crippen LogP contribution is -2.25. The Labute approximate surface area is 204 Å². The van der Waals surface area contributed by atoms with Crippen LogP contribution in [0.2, 0.25) is 0 Å². The number of hydrogen-bond donors (Lipinski definition) is 1. The number of fused-ring (bicyclic) bond motifs is 1. The Hall–Kier alpha value is -2.98. The molecule has 1 heterocycles. The van der Waals surface area contributed by atoms with Crippen LogP contribution in [0.1, 0.15) is 48.7 Å². The summed E-state index contributed by atoms with van der Waals surface area (Å²) in [5.41, 5.74) is 5.91. The molecule has 4 aromatic rings. The van der Waals surface area contributed by atoms with Gasteiger partial charge in [-0.2, -0.15) is 0 Å². The number of carbonyl (C=O) groups excluding carboxylic acids is 1. The molecule has 0 radical (unpaired) electrons. The molecule has 0 aliphatic rings. The predicted molar refractivity (Wildman–Crippen MR) is 141 cm³/mol. The highest BCUT2D eigenvalue weighted by Gasteiger charge is 2.16. The molecule has 4 heteroatoms. The second-order valence-corrected chi connectivity index (χ2v) is 10.3. The third-order valence-corrected chi connectivity index (χ3v) is 6.33. The van der Waals surface area contributed by atoms with Crippen LogP contribution < -0.4 is 5.32 Å². The molecule has 1 aromatic heterocycles. The van der Waals surface area contributed by atoms with Crippen LogP contribution in [0.4, 0.5) is 0 Å². The van der Waals surface area contributed by atoms with E-state index in [1.54, 1.807) is 0 Å². The highest BCUT2D eigenvalue weighted by molar-refractivity contribution is 9.10. The Kier molecular flexibility index (Phi) is 6.94. The molecule has 0 saturated heterocycles. The number of nitrogens with zero attached hydrogens (tertiary/aromatic N) is 1. The number of nitrogens with one attached hydrogen (secondary N) is 1. The summed E-state index contributed by atoms with van der Waals surface area (Å²) >= 11 is 3.54. The standard InChI is InChI=1S/C29H29BrN2O/c1-29(2,3)22-13-11-21(12-14-22)27-19-25(24-18-23(30)15-16-26(24)32-27)28(33)31-17-7-10-20-8-5-4-6-9-20/h4-6,8-9,11-16,18-19H,7,10,17H2,1-3H3,(H,31,33). The smallest absolute Gasteiger partial charge is 0.252 e. The average molecular weight is 501 g/mol. The first-order valence-electron chi connectivity index (χ1n) is 11.3. The van der Waals surface area contributed by atoms with Crippen molar-refractivity contribution in [3.8, 4) is 11.3 Å². The molecule has 3 aromatic carbocycles. The van der Waals surface area contributed by atoms with E-state index in [1.165, 1.54) is 11.1 Å². The Morgan fingerprint density at radius 2 is 1.67 bits per heavy atom. The SMILES string of the molecule is CC(C)(C)c1ccc(-c2cc(C(=O)NCCCc3ccccc3)c3cc(Br)ccc3n2)cc1. The monoisotopic (exact) mass is 500 g/mol. The van der Waals surface area contributed by atoms with Crippen molar-refractivity contribution in [3.63, 3.8) is 0 Å². The zero-order valence-corrected chi connectivity index (χ0v) is 20.9. The van der Waals surface area contributed by atoms with Crippen LogP contribution in [-0.2, 0) is 11.8 Å². The molecule has 168 valence electrons. The summed E-state index contributed by atoms with van der Waals surface area (Å²) < 4.78 is 0.928. The molecule has 4 rings (SSSR count). The van der Waals surface area contributed by atoms with E-state index in [9.17, 15) is 4.79 Å². The lowest BCUT2D eigenvalue weighted by atomic mass is 9.86. The lowest BCUT2D eigenvalue weighted by molar-refractivity contribution is 0.0955. The van der Waals surface area contributed by atoms with Gasteiger partial charge in [-0.25, -0.2) is 4.98 Å². The molecule has 33 heavy (non-hydrogen) atoms. The molecule has 0 fully saturated rings. The van der Waals surface area contributed by atoms with Gasteiger partial charge in [0.1, 0.15) is 0 Å². The van der Waals surface area contributed by atoms with Crippen molar-refractivity contribution in [3.05, 3.63) is 100 Å². The van der Waals surface area contributed by atoms with Gasteiger partial charge in [0.2, 0.25) is 0 Å². The van der Waals surface area contributed by atoms with Gasteiger partial charge < -0.3 is 5.32 Å². The van der Waals surface area contributed by atoms with Crippen molar-refractivity contribution < 1.29 is 4.79 Å². The van der Waals surface area contributed by atoms with Gasteiger partial charge in [-0.05, 0) is 53.6 Å². The largest absolute Gasteiger partial charge is 0.352 e. The molecule has 1 amide bonds. The first-order valence-corrected chi connectivity index (χ1v) is 12.1. The van der Waals surface area contributed by atoms with Crippen LogP contribution in [-0.4, -0.2) is 17.4 Å². The number of benzene rings is 3. The van der Waals surface area contributed by atoms with Crippen LogP contribution in [0.5, 0.6) is 0 Å². The van der Waals surface area contributed by atoms with Crippen molar-refractivity contribution >= 4 is 32.7 Å². The molecule has 0 aliphatic heterocycles. The van der Waals surface area contributed by atoms with Gasteiger partial charge in [-0.15, -0.1) is 0 Å². The summed E-state index contributed by atoms with van der Waals surface area (Å²) in [6.07, 6.45) is 1.83. The zero-order chi connectivity index (χ0) is 23.4. The van der Waals surface area contributed by atoms with Gasteiger partial charge in [0.25, 0.3) is 5.91 Å². The van der Waals surface area contributed by atoms with E-state index in [-0.39, 0.29) is 11.3 Å². The minimum absolute atomic E-state index is 0.0684. The molecule has 0 bridgehead atoms. The second kappa shape index (κ2) is 9.88. The summed E-state index contributed by atoms with van der Waals surface area (Å²) in [6.45, 7) is 7.23. The number of amides is 1. The maximum Gasteiger partial charge on any atom is 0.252 e. The Bertz CT molecular complexity index is 1260. The average Bonchev–Trinajstić information content (AvgIpc) is 2.81. The Morgan fingerprint density at radius 3 is 2.36 bits per heavy atom. The van der Waals surface area contributed by atoms with E-state index in [0.717, 1.165) is 39.5 Å². The Balaban J connectivity index is 1.59. The topological polar surface area (TPSA) is 42.0 Å². The fraction of sp³-hybridized carbons (Fsp3) is 0.241. The molecular formula is C29H29BrN2O. The number of aromatic nitrogens is 1. The molecule has 0 unspecified atom stereocenters. The summed E-state index contributed by atoms with van der Waals surface area (Å²) in [7, 11) is 0. The number of aryl methyl sites for hydroxylation is 1. The number of halogens is 1.